The third-order valence-corrected chi connectivity index (χ3v) is 6.22. The van der Waals surface area contributed by atoms with Gasteiger partial charge in [-0.15, -0.1) is 11.3 Å². The highest BCUT2D eigenvalue weighted by molar-refractivity contribution is 7.80. The molecule has 0 bridgehead atoms. The molecule has 1 heterocycles. The lowest BCUT2D eigenvalue weighted by molar-refractivity contribution is 0.0526. The second-order valence-corrected chi connectivity index (χ2v) is 9.26. The molecule has 1 amide bonds. The molecule has 0 atom stereocenters. The number of rotatable bonds is 7. The molecule has 2 N–H and O–H groups in total. The molecular formula is C23H28N2O4S2. The zero-order valence-corrected chi connectivity index (χ0v) is 19.7. The first-order valence-electron chi connectivity index (χ1n) is 10.6. The van der Waals surface area contributed by atoms with Gasteiger partial charge in [0.1, 0.15) is 10.8 Å². The highest BCUT2D eigenvalue weighted by Gasteiger charge is 2.27. The van der Waals surface area contributed by atoms with Crippen LogP contribution in [0, 0.1) is 5.92 Å². The molecule has 0 spiro atoms. The van der Waals surface area contributed by atoms with Crippen molar-refractivity contribution in [2.45, 2.75) is 46.5 Å². The summed E-state index contributed by atoms with van der Waals surface area (Å²) in [6, 6.07) is 7.06. The fraction of sp³-hybridized carbons (Fsp3) is 0.435. The topological polar surface area (TPSA) is 76.7 Å². The number of esters is 1. The summed E-state index contributed by atoms with van der Waals surface area (Å²) in [7, 11) is 0. The molecule has 166 valence electrons. The van der Waals surface area contributed by atoms with Crippen LogP contribution < -0.4 is 15.4 Å². The van der Waals surface area contributed by atoms with Gasteiger partial charge in [-0.3, -0.25) is 10.1 Å². The number of anilines is 1. The summed E-state index contributed by atoms with van der Waals surface area (Å²) in [6.45, 7) is 6.69. The van der Waals surface area contributed by atoms with E-state index in [2.05, 4.69) is 10.6 Å². The number of benzene rings is 1. The van der Waals surface area contributed by atoms with E-state index in [-0.39, 0.29) is 17.0 Å². The quantitative estimate of drug-likeness (QED) is 0.449. The van der Waals surface area contributed by atoms with Crippen LogP contribution in [0.1, 0.15) is 64.8 Å². The molecule has 1 aromatic carbocycles. The number of fused-ring (bicyclic) bond motifs is 1. The second kappa shape index (κ2) is 10.7. The maximum Gasteiger partial charge on any atom is 0.341 e. The average Bonchev–Trinajstić information content (AvgIpc) is 3.10. The number of carbonyl (C=O) groups is 2. The lowest BCUT2D eigenvalue weighted by Crippen LogP contribution is -2.34. The van der Waals surface area contributed by atoms with Gasteiger partial charge < -0.3 is 14.8 Å². The van der Waals surface area contributed by atoms with Gasteiger partial charge in [0.15, 0.2) is 5.11 Å². The predicted molar refractivity (Wildman–Crippen MR) is 127 cm³/mol. The molecule has 0 fully saturated rings. The molecule has 1 aromatic heterocycles. The number of thiocarbonyl (C=S) groups is 1. The molecule has 31 heavy (non-hydrogen) atoms. The number of hydrogen-bond donors (Lipinski definition) is 2. The third-order valence-electron chi connectivity index (χ3n) is 4.81. The van der Waals surface area contributed by atoms with Crippen molar-refractivity contribution in [3.8, 4) is 5.75 Å². The first kappa shape index (κ1) is 23.2. The van der Waals surface area contributed by atoms with E-state index in [1.165, 1.54) is 16.2 Å². The van der Waals surface area contributed by atoms with Crippen molar-refractivity contribution in [3.05, 3.63) is 45.8 Å². The molecule has 0 radical (unpaired) electrons. The smallest absolute Gasteiger partial charge is 0.341 e. The standard InChI is InChI=1S/C23H28N2O4S2/c1-4-28-22(27)19-16-10-6-8-12-18(16)31-21(19)25-23(30)24-20(26)15-9-5-7-11-17(15)29-13-14(2)3/h5,7,9,11,14H,4,6,8,10,12-13H2,1-3H3,(H2,24,25,26,30). The number of amides is 1. The average molecular weight is 461 g/mol. The summed E-state index contributed by atoms with van der Waals surface area (Å²) in [4.78, 5) is 26.6. The van der Waals surface area contributed by atoms with Crippen LogP contribution in [-0.4, -0.2) is 30.2 Å². The van der Waals surface area contributed by atoms with Gasteiger partial charge in [-0.2, -0.15) is 0 Å². The van der Waals surface area contributed by atoms with Crippen LogP contribution >= 0.6 is 23.6 Å². The van der Waals surface area contributed by atoms with Crippen molar-refractivity contribution in [2.24, 2.45) is 5.92 Å². The van der Waals surface area contributed by atoms with Gasteiger partial charge in [0.25, 0.3) is 5.91 Å². The van der Waals surface area contributed by atoms with Gasteiger partial charge in [0.05, 0.1) is 24.3 Å². The van der Waals surface area contributed by atoms with E-state index in [0.29, 0.717) is 41.0 Å². The molecule has 8 heteroatoms. The molecule has 0 saturated heterocycles. The van der Waals surface area contributed by atoms with Crippen molar-refractivity contribution >= 4 is 45.5 Å². The van der Waals surface area contributed by atoms with Crippen molar-refractivity contribution in [1.82, 2.24) is 5.32 Å². The SMILES string of the molecule is CCOC(=O)c1c(NC(=S)NC(=O)c2ccccc2OCC(C)C)sc2c1CCCC2. The molecule has 6 nitrogen and oxygen atoms in total. The van der Waals surface area contributed by atoms with E-state index in [9.17, 15) is 9.59 Å². The van der Waals surface area contributed by atoms with Crippen LogP contribution in [0.25, 0.3) is 0 Å². The summed E-state index contributed by atoms with van der Waals surface area (Å²) in [5.41, 5.74) is 1.99. The first-order chi connectivity index (χ1) is 14.9. The highest BCUT2D eigenvalue weighted by Crippen LogP contribution is 2.38. The van der Waals surface area contributed by atoms with E-state index >= 15 is 0 Å². The number of ether oxygens (including phenoxy) is 2. The van der Waals surface area contributed by atoms with Gasteiger partial charge in [0, 0.05) is 4.88 Å². The minimum Gasteiger partial charge on any atom is -0.492 e. The lowest BCUT2D eigenvalue weighted by atomic mass is 9.95. The van der Waals surface area contributed by atoms with Gasteiger partial charge in [0.2, 0.25) is 0 Å². The Bertz CT molecular complexity index is 968. The van der Waals surface area contributed by atoms with Crippen LogP contribution in [-0.2, 0) is 17.6 Å². The van der Waals surface area contributed by atoms with Gasteiger partial charge in [-0.1, -0.05) is 26.0 Å². The fourth-order valence-electron chi connectivity index (χ4n) is 3.41. The van der Waals surface area contributed by atoms with Crippen molar-refractivity contribution in [3.63, 3.8) is 0 Å². The number of carbonyl (C=O) groups excluding carboxylic acids is 2. The fourth-order valence-corrected chi connectivity index (χ4v) is 4.96. The Morgan fingerprint density at radius 3 is 2.68 bits per heavy atom. The third kappa shape index (κ3) is 5.83. The Morgan fingerprint density at radius 2 is 1.94 bits per heavy atom. The van der Waals surface area contributed by atoms with E-state index in [0.717, 1.165) is 31.2 Å². The largest absolute Gasteiger partial charge is 0.492 e. The Morgan fingerprint density at radius 1 is 1.19 bits per heavy atom. The monoisotopic (exact) mass is 460 g/mol. The summed E-state index contributed by atoms with van der Waals surface area (Å²) in [5.74, 6) is 0.127. The highest BCUT2D eigenvalue weighted by atomic mass is 32.1. The van der Waals surface area contributed by atoms with Gasteiger partial charge in [-0.25, -0.2) is 4.79 Å². The lowest BCUT2D eigenvalue weighted by Gasteiger charge is -2.14. The summed E-state index contributed by atoms with van der Waals surface area (Å²) < 4.78 is 11.0. The zero-order chi connectivity index (χ0) is 22.4. The number of para-hydroxylation sites is 1. The van der Waals surface area contributed by atoms with Crippen LogP contribution in [0.2, 0.25) is 0 Å². The number of aryl methyl sites for hydroxylation is 1. The van der Waals surface area contributed by atoms with Crippen molar-refractivity contribution in [2.75, 3.05) is 18.5 Å². The molecule has 2 aromatic rings. The Labute approximate surface area is 192 Å². The number of hydrogen-bond acceptors (Lipinski definition) is 6. The maximum absolute atomic E-state index is 12.8. The minimum absolute atomic E-state index is 0.132. The molecule has 0 aliphatic heterocycles. The summed E-state index contributed by atoms with van der Waals surface area (Å²) in [6.07, 6.45) is 3.93. The zero-order valence-electron chi connectivity index (χ0n) is 18.1. The minimum atomic E-state index is -0.365. The van der Waals surface area contributed by atoms with E-state index in [1.54, 1.807) is 25.1 Å². The molecule has 1 aliphatic rings. The summed E-state index contributed by atoms with van der Waals surface area (Å²) >= 11 is 6.89. The molecule has 1 aliphatic carbocycles. The maximum atomic E-state index is 12.8. The molecule has 3 rings (SSSR count). The van der Waals surface area contributed by atoms with Crippen LogP contribution in [0.5, 0.6) is 5.75 Å². The number of thiophene rings is 1. The van der Waals surface area contributed by atoms with Crippen LogP contribution in [0.15, 0.2) is 24.3 Å². The molecule has 0 unspecified atom stereocenters. The molecule has 0 saturated carbocycles. The van der Waals surface area contributed by atoms with E-state index in [4.69, 9.17) is 21.7 Å². The van der Waals surface area contributed by atoms with Crippen LogP contribution in [0.4, 0.5) is 5.00 Å². The van der Waals surface area contributed by atoms with Crippen LogP contribution in [0.3, 0.4) is 0 Å². The molecular weight excluding hydrogens is 432 g/mol. The van der Waals surface area contributed by atoms with Crippen molar-refractivity contribution in [1.29, 1.82) is 0 Å². The second-order valence-electron chi connectivity index (χ2n) is 7.74. The Hall–Kier alpha value is -2.45. The summed E-state index contributed by atoms with van der Waals surface area (Å²) in [5, 5.41) is 6.52. The number of nitrogens with one attached hydrogen (secondary N) is 2. The Balaban J connectivity index is 1.75. The van der Waals surface area contributed by atoms with Gasteiger partial charge in [-0.05, 0) is 68.4 Å². The van der Waals surface area contributed by atoms with E-state index < -0.39 is 0 Å². The first-order valence-corrected chi connectivity index (χ1v) is 11.8. The van der Waals surface area contributed by atoms with Gasteiger partial charge >= 0.3 is 5.97 Å². The Kier molecular flexibility index (Phi) is 8.03. The van der Waals surface area contributed by atoms with Crippen molar-refractivity contribution < 1.29 is 19.1 Å². The normalized spacial score (nSPS) is 12.8. The predicted octanol–water partition coefficient (Wildman–Crippen LogP) is 4.97. The van der Waals surface area contributed by atoms with E-state index in [1.807, 2.05) is 19.9 Å².